The molecular weight excluding hydrogens is 172 g/mol. The fraction of sp³-hybridized carbons (Fsp3) is 0.417. The maximum absolute atomic E-state index is 8.91. The normalized spacial score (nSPS) is 12.1. The lowest BCUT2D eigenvalue weighted by Gasteiger charge is -2.14. The molecule has 0 saturated carbocycles. The van der Waals surface area contributed by atoms with Gasteiger partial charge in [0.05, 0.1) is 11.6 Å². The second kappa shape index (κ2) is 5.41. The van der Waals surface area contributed by atoms with Gasteiger partial charge in [-0.3, -0.25) is 0 Å². The van der Waals surface area contributed by atoms with Crippen LogP contribution in [-0.2, 0) is 0 Å². The SMILES string of the molecule is CCCNC(C)c1ccccc1C#N. The highest BCUT2D eigenvalue weighted by atomic mass is 14.9. The van der Waals surface area contributed by atoms with E-state index in [1.165, 1.54) is 0 Å². The van der Waals surface area contributed by atoms with Crippen molar-refractivity contribution in [3.05, 3.63) is 35.4 Å². The minimum Gasteiger partial charge on any atom is -0.310 e. The molecule has 0 radical (unpaired) electrons. The topological polar surface area (TPSA) is 35.8 Å². The summed E-state index contributed by atoms with van der Waals surface area (Å²) in [6.07, 6.45) is 1.11. The van der Waals surface area contributed by atoms with Crippen molar-refractivity contribution >= 4 is 0 Å². The summed E-state index contributed by atoms with van der Waals surface area (Å²) in [7, 11) is 0. The third-order valence-electron chi connectivity index (χ3n) is 2.25. The third-order valence-corrected chi connectivity index (χ3v) is 2.25. The van der Waals surface area contributed by atoms with Crippen molar-refractivity contribution in [2.45, 2.75) is 26.3 Å². The molecule has 1 atom stereocenters. The Morgan fingerprint density at radius 2 is 2.14 bits per heavy atom. The second-order valence-corrected chi connectivity index (χ2v) is 3.37. The average Bonchev–Trinajstić information content (AvgIpc) is 2.25. The summed E-state index contributed by atoms with van der Waals surface area (Å²) in [5.41, 5.74) is 1.85. The van der Waals surface area contributed by atoms with Crippen molar-refractivity contribution in [3.8, 4) is 6.07 Å². The number of nitriles is 1. The molecule has 0 spiro atoms. The monoisotopic (exact) mass is 188 g/mol. The van der Waals surface area contributed by atoms with E-state index in [4.69, 9.17) is 5.26 Å². The zero-order chi connectivity index (χ0) is 10.4. The Morgan fingerprint density at radius 1 is 1.43 bits per heavy atom. The molecule has 1 N–H and O–H groups in total. The van der Waals surface area contributed by atoms with Crippen LogP contribution in [0.5, 0.6) is 0 Å². The standard InChI is InChI=1S/C12H16N2/c1-3-8-14-10(2)12-7-5-4-6-11(12)9-13/h4-7,10,14H,3,8H2,1-2H3. The molecule has 2 nitrogen and oxygen atoms in total. The molecule has 1 aromatic carbocycles. The van der Waals surface area contributed by atoms with E-state index in [0.717, 1.165) is 24.1 Å². The molecule has 0 aliphatic carbocycles. The Hall–Kier alpha value is -1.33. The highest BCUT2D eigenvalue weighted by Crippen LogP contribution is 2.16. The predicted molar refractivity (Wildman–Crippen MR) is 57.9 cm³/mol. The van der Waals surface area contributed by atoms with Gasteiger partial charge in [-0.05, 0) is 31.5 Å². The molecule has 0 aliphatic rings. The fourth-order valence-electron chi connectivity index (χ4n) is 1.45. The van der Waals surface area contributed by atoms with Gasteiger partial charge in [-0.25, -0.2) is 0 Å². The Labute approximate surface area is 85.6 Å². The van der Waals surface area contributed by atoms with Crippen LogP contribution < -0.4 is 5.32 Å². The van der Waals surface area contributed by atoms with Crippen molar-refractivity contribution in [2.75, 3.05) is 6.54 Å². The first-order chi connectivity index (χ1) is 6.79. The van der Waals surface area contributed by atoms with Crippen molar-refractivity contribution in [3.63, 3.8) is 0 Å². The lowest BCUT2D eigenvalue weighted by atomic mass is 10.0. The minimum absolute atomic E-state index is 0.255. The minimum atomic E-state index is 0.255. The summed E-state index contributed by atoms with van der Waals surface area (Å²) in [6, 6.07) is 10.2. The molecule has 74 valence electrons. The summed E-state index contributed by atoms with van der Waals surface area (Å²) in [5, 5.41) is 12.3. The summed E-state index contributed by atoms with van der Waals surface area (Å²) in [5.74, 6) is 0. The molecule has 2 heteroatoms. The molecule has 0 aromatic heterocycles. The number of hydrogen-bond donors (Lipinski definition) is 1. The van der Waals surface area contributed by atoms with Gasteiger partial charge in [-0.15, -0.1) is 0 Å². The average molecular weight is 188 g/mol. The Kier molecular flexibility index (Phi) is 4.15. The van der Waals surface area contributed by atoms with E-state index < -0.39 is 0 Å². The molecule has 14 heavy (non-hydrogen) atoms. The van der Waals surface area contributed by atoms with Gasteiger partial charge in [0.2, 0.25) is 0 Å². The first kappa shape index (κ1) is 10.7. The number of hydrogen-bond acceptors (Lipinski definition) is 2. The summed E-state index contributed by atoms with van der Waals surface area (Å²) in [4.78, 5) is 0. The molecule has 0 fully saturated rings. The molecule has 0 bridgehead atoms. The van der Waals surface area contributed by atoms with Crippen LogP contribution in [0.25, 0.3) is 0 Å². The maximum atomic E-state index is 8.91. The van der Waals surface area contributed by atoms with Crippen LogP contribution in [0, 0.1) is 11.3 Å². The summed E-state index contributed by atoms with van der Waals surface area (Å²) >= 11 is 0. The smallest absolute Gasteiger partial charge is 0.0995 e. The first-order valence-electron chi connectivity index (χ1n) is 5.02. The van der Waals surface area contributed by atoms with Gasteiger partial charge in [-0.2, -0.15) is 5.26 Å². The molecule has 1 aromatic rings. The van der Waals surface area contributed by atoms with E-state index in [1.54, 1.807) is 0 Å². The Bertz CT molecular complexity index is 325. The molecule has 0 aliphatic heterocycles. The van der Waals surface area contributed by atoms with Gasteiger partial charge in [-0.1, -0.05) is 25.1 Å². The Balaban J connectivity index is 2.79. The van der Waals surface area contributed by atoms with Gasteiger partial charge in [0.1, 0.15) is 0 Å². The number of rotatable bonds is 4. The molecule has 0 saturated heterocycles. The van der Waals surface area contributed by atoms with Crippen LogP contribution in [0.4, 0.5) is 0 Å². The molecule has 1 unspecified atom stereocenters. The zero-order valence-corrected chi connectivity index (χ0v) is 8.75. The van der Waals surface area contributed by atoms with Crippen LogP contribution in [0.1, 0.15) is 37.4 Å². The number of nitrogens with one attached hydrogen (secondary N) is 1. The Morgan fingerprint density at radius 3 is 2.79 bits per heavy atom. The van der Waals surface area contributed by atoms with E-state index in [0.29, 0.717) is 0 Å². The predicted octanol–water partition coefficient (Wildman–Crippen LogP) is 2.62. The van der Waals surface area contributed by atoms with E-state index in [-0.39, 0.29) is 6.04 Å². The molecule has 0 amide bonds. The molecule has 1 rings (SSSR count). The van der Waals surface area contributed by atoms with Crippen molar-refractivity contribution in [1.29, 1.82) is 5.26 Å². The van der Waals surface area contributed by atoms with Crippen LogP contribution in [0.15, 0.2) is 24.3 Å². The van der Waals surface area contributed by atoms with Gasteiger partial charge in [0.15, 0.2) is 0 Å². The van der Waals surface area contributed by atoms with Gasteiger partial charge >= 0.3 is 0 Å². The van der Waals surface area contributed by atoms with E-state index in [9.17, 15) is 0 Å². The summed E-state index contributed by atoms with van der Waals surface area (Å²) in [6.45, 7) is 5.21. The highest BCUT2D eigenvalue weighted by molar-refractivity contribution is 5.39. The van der Waals surface area contributed by atoms with Crippen LogP contribution >= 0.6 is 0 Å². The van der Waals surface area contributed by atoms with E-state index >= 15 is 0 Å². The largest absolute Gasteiger partial charge is 0.310 e. The second-order valence-electron chi connectivity index (χ2n) is 3.37. The molecule has 0 heterocycles. The fourth-order valence-corrected chi connectivity index (χ4v) is 1.45. The van der Waals surface area contributed by atoms with Crippen molar-refractivity contribution < 1.29 is 0 Å². The summed E-state index contributed by atoms with van der Waals surface area (Å²) < 4.78 is 0. The van der Waals surface area contributed by atoms with E-state index in [1.807, 2.05) is 24.3 Å². The van der Waals surface area contributed by atoms with Crippen molar-refractivity contribution in [1.82, 2.24) is 5.32 Å². The quantitative estimate of drug-likeness (QED) is 0.788. The highest BCUT2D eigenvalue weighted by Gasteiger charge is 2.07. The van der Waals surface area contributed by atoms with Crippen LogP contribution in [0.3, 0.4) is 0 Å². The van der Waals surface area contributed by atoms with E-state index in [2.05, 4.69) is 25.2 Å². The first-order valence-corrected chi connectivity index (χ1v) is 5.02. The molecular formula is C12H16N2. The van der Waals surface area contributed by atoms with Crippen LogP contribution in [-0.4, -0.2) is 6.54 Å². The van der Waals surface area contributed by atoms with Crippen LogP contribution in [0.2, 0.25) is 0 Å². The maximum Gasteiger partial charge on any atom is 0.0995 e. The van der Waals surface area contributed by atoms with Gasteiger partial charge < -0.3 is 5.32 Å². The number of nitrogens with zero attached hydrogens (tertiary/aromatic N) is 1. The third kappa shape index (κ3) is 2.58. The van der Waals surface area contributed by atoms with Crippen molar-refractivity contribution in [2.24, 2.45) is 0 Å². The lowest BCUT2D eigenvalue weighted by molar-refractivity contribution is 0.570. The van der Waals surface area contributed by atoms with Gasteiger partial charge in [0, 0.05) is 6.04 Å². The zero-order valence-electron chi connectivity index (χ0n) is 8.75. The van der Waals surface area contributed by atoms with Gasteiger partial charge in [0.25, 0.3) is 0 Å². The lowest BCUT2D eigenvalue weighted by Crippen LogP contribution is -2.20. The number of benzene rings is 1.